The molecule has 2 aromatic carbocycles. The number of rotatable bonds is 11. The number of alkyl halides is 3. The summed E-state index contributed by atoms with van der Waals surface area (Å²) >= 11 is 0. The van der Waals surface area contributed by atoms with Crippen molar-refractivity contribution in [3.8, 4) is 5.75 Å². The lowest BCUT2D eigenvalue weighted by atomic mass is 9.99. The average Bonchev–Trinajstić information content (AvgIpc) is 2.88. The highest BCUT2D eigenvalue weighted by Gasteiger charge is 2.30. The van der Waals surface area contributed by atoms with E-state index in [4.69, 9.17) is 4.74 Å². The van der Waals surface area contributed by atoms with Gasteiger partial charge in [0.1, 0.15) is 5.75 Å². The molecule has 3 rings (SSSR count). The van der Waals surface area contributed by atoms with Gasteiger partial charge in [-0.1, -0.05) is 13.0 Å². The van der Waals surface area contributed by atoms with Gasteiger partial charge in [-0.2, -0.15) is 13.2 Å². The molecule has 0 N–H and O–H groups in total. The maximum absolute atomic E-state index is 12.8. The van der Waals surface area contributed by atoms with Crippen molar-refractivity contribution in [2.45, 2.75) is 46.2 Å². The first-order valence-electron chi connectivity index (χ1n) is 13.2. The number of nitrogens with zero attached hydrogens (tertiary/aromatic N) is 3. The largest absolute Gasteiger partial charge is 0.493 e. The summed E-state index contributed by atoms with van der Waals surface area (Å²) in [5, 5.41) is 0. The molecule has 2 aromatic rings. The SMILES string of the molecule is CCCN(C)CCCOc1ccc(CCN2CCN(C(=O)c3ccc(C(F)(F)F)cc3)CC2)c(C)c1C. The number of carbonyl (C=O) groups is 1. The van der Waals surface area contributed by atoms with Crippen LogP contribution in [0.5, 0.6) is 5.75 Å². The van der Waals surface area contributed by atoms with Gasteiger partial charge in [-0.25, -0.2) is 0 Å². The van der Waals surface area contributed by atoms with Crippen molar-refractivity contribution >= 4 is 5.91 Å². The molecule has 204 valence electrons. The van der Waals surface area contributed by atoms with E-state index in [9.17, 15) is 18.0 Å². The molecular weight excluding hydrogens is 479 g/mol. The molecule has 1 saturated heterocycles. The maximum Gasteiger partial charge on any atom is 0.416 e. The standard InChI is InChI=1S/C29H40F3N3O2/c1-5-14-33(4)15-6-21-37-27-12-9-24(22(2)23(27)3)13-16-34-17-19-35(20-18-34)28(36)25-7-10-26(11-8-25)29(30,31)32/h7-12H,5-6,13-21H2,1-4H3. The predicted molar refractivity (Wildman–Crippen MR) is 141 cm³/mol. The third-order valence-corrected chi connectivity index (χ3v) is 7.21. The van der Waals surface area contributed by atoms with Crippen LogP contribution in [-0.2, 0) is 12.6 Å². The summed E-state index contributed by atoms with van der Waals surface area (Å²) in [5.41, 5.74) is 3.30. The summed E-state index contributed by atoms with van der Waals surface area (Å²) in [6.07, 6.45) is -1.32. The minimum absolute atomic E-state index is 0.215. The highest BCUT2D eigenvalue weighted by molar-refractivity contribution is 5.94. The summed E-state index contributed by atoms with van der Waals surface area (Å²) < 4.78 is 44.4. The van der Waals surface area contributed by atoms with Crippen LogP contribution in [-0.4, -0.2) is 80.1 Å². The highest BCUT2D eigenvalue weighted by atomic mass is 19.4. The van der Waals surface area contributed by atoms with Crippen LogP contribution in [0.4, 0.5) is 13.2 Å². The summed E-state index contributed by atoms with van der Waals surface area (Å²) in [6, 6.07) is 8.70. The Kier molecular flexibility index (Phi) is 10.4. The zero-order valence-electron chi connectivity index (χ0n) is 22.5. The van der Waals surface area contributed by atoms with E-state index in [0.717, 1.165) is 69.9 Å². The lowest BCUT2D eigenvalue weighted by molar-refractivity contribution is -0.137. The summed E-state index contributed by atoms with van der Waals surface area (Å²) in [5.74, 6) is 0.738. The second kappa shape index (κ2) is 13.3. The molecule has 0 bridgehead atoms. The van der Waals surface area contributed by atoms with Crippen LogP contribution in [0.15, 0.2) is 36.4 Å². The van der Waals surface area contributed by atoms with Crippen LogP contribution in [0.2, 0.25) is 0 Å². The Morgan fingerprint density at radius 3 is 2.27 bits per heavy atom. The number of hydrogen-bond donors (Lipinski definition) is 0. The average molecular weight is 520 g/mol. The molecule has 1 fully saturated rings. The number of ether oxygens (including phenoxy) is 1. The molecule has 0 spiro atoms. The quantitative estimate of drug-likeness (QED) is 0.371. The normalized spacial score (nSPS) is 14.9. The zero-order chi connectivity index (χ0) is 27.0. The number of piperazine rings is 1. The Hall–Kier alpha value is -2.58. The van der Waals surface area contributed by atoms with Crippen LogP contribution in [0.3, 0.4) is 0 Å². The first kappa shape index (κ1) is 29.0. The summed E-state index contributed by atoms with van der Waals surface area (Å²) in [6.45, 7) is 12.8. The molecular formula is C29H40F3N3O2. The van der Waals surface area contributed by atoms with Crippen LogP contribution in [0, 0.1) is 13.8 Å². The fourth-order valence-corrected chi connectivity index (χ4v) is 4.73. The Morgan fingerprint density at radius 2 is 1.65 bits per heavy atom. The molecule has 8 heteroatoms. The lowest BCUT2D eigenvalue weighted by Crippen LogP contribution is -2.49. The Labute approximate surface area is 219 Å². The summed E-state index contributed by atoms with van der Waals surface area (Å²) in [7, 11) is 2.14. The number of amides is 1. The van der Waals surface area contributed by atoms with E-state index in [1.54, 1.807) is 4.90 Å². The van der Waals surface area contributed by atoms with Crippen molar-refractivity contribution in [3.63, 3.8) is 0 Å². The van der Waals surface area contributed by atoms with Crippen molar-refractivity contribution in [1.29, 1.82) is 0 Å². The Balaban J connectivity index is 1.44. The summed E-state index contributed by atoms with van der Waals surface area (Å²) in [4.78, 5) is 19.1. The van der Waals surface area contributed by atoms with E-state index < -0.39 is 11.7 Å². The molecule has 1 heterocycles. The third-order valence-electron chi connectivity index (χ3n) is 7.21. The smallest absolute Gasteiger partial charge is 0.416 e. The molecule has 0 aliphatic carbocycles. The second-order valence-corrected chi connectivity index (χ2v) is 9.94. The minimum Gasteiger partial charge on any atom is -0.493 e. The third kappa shape index (κ3) is 8.20. The number of carbonyl (C=O) groups excluding carboxylic acids is 1. The molecule has 0 atom stereocenters. The van der Waals surface area contributed by atoms with E-state index in [1.165, 1.54) is 28.8 Å². The molecule has 1 aliphatic heterocycles. The van der Waals surface area contributed by atoms with E-state index in [-0.39, 0.29) is 5.91 Å². The maximum atomic E-state index is 12.8. The molecule has 1 aliphatic rings. The fraction of sp³-hybridized carbons (Fsp3) is 0.552. The van der Waals surface area contributed by atoms with Crippen molar-refractivity contribution in [2.75, 3.05) is 59.5 Å². The monoisotopic (exact) mass is 519 g/mol. The van der Waals surface area contributed by atoms with Crippen molar-refractivity contribution in [1.82, 2.24) is 14.7 Å². The topological polar surface area (TPSA) is 36.0 Å². The van der Waals surface area contributed by atoms with Crippen molar-refractivity contribution in [3.05, 3.63) is 64.2 Å². The first-order valence-corrected chi connectivity index (χ1v) is 13.2. The molecule has 5 nitrogen and oxygen atoms in total. The molecule has 0 saturated carbocycles. The zero-order valence-corrected chi connectivity index (χ0v) is 22.5. The fourth-order valence-electron chi connectivity index (χ4n) is 4.73. The second-order valence-electron chi connectivity index (χ2n) is 9.94. The molecule has 0 radical (unpaired) electrons. The highest BCUT2D eigenvalue weighted by Crippen LogP contribution is 2.29. The van der Waals surface area contributed by atoms with Gasteiger partial charge in [0.15, 0.2) is 0 Å². The molecule has 0 unspecified atom stereocenters. The van der Waals surface area contributed by atoms with Crippen LogP contribution >= 0.6 is 0 Å². The predicted octanol–water partition coefficient (Wildman–Crippen LogP) is 5.43. The number of benzene rings is 2. The van der Waals surface area contributed by atoms with Gasteiger partial charge >= 0.3 is 6.18 Å². The lowest BCUT2D eigenvalue weighted by Gasteiger charge is -2.35. The molecule has 1 amide bonds. The Bertz CT molecular complexity index is 1020. The van der Waals surface area contributed by atoms with Gasteiger partial charge in [-0.3, -0.25) is 9.69 Å². The van der Waals surface area contributed by atoms with E-state index in [2.05, 4.69) is 49.8 Å². The first-order chi connectivity index (χ1) is 17.6. The van der Waals surface area contributed by atoms with Crippen LogP contribution in [0.25, 0.3) is 0 Å². The number of hydrogen-bond acceptors (Lipinski definition) is 4. The van der Waals surface area contributed by atoms with Crippen LogP contribution < -0.4 is 4.74 Å². The van der Waals surface area contributed by atoms with Crippen LogP contribution in [0.1, 0.15) is 52.4 Å². The van der Waals surface area contributed by atoms with Gasteiger partial charge in [0.25, 0.3) is 5.91 Å². The minimum atomic E-state index is -4.40. The van der Waals surface area contributed by atoms with E-state index in [0.29, 0.717) is 25.3 Å². The molecule has 37 heavy (non-hydrogen) atoms. The Morgan fingerprint density at radius 1 is 0.973 bits per heavy atom. The van der Waals surface area contributed by atoms with Gasteiger partial charge in [-0.15, -0.1) is 0 Å². The van der Waals surface area contributed by atoms with Crippen molar-refractivity contribution < 1.29 is 22.7 Å². The van der Waals surface area contributed by atoms with Gasteiger partial charge in [0.2, 0.25) is 0 Å². The number of halogens is 3. The molecule has 0 aromatic heterocycles. The van der Waals surface area contributed by atoms with Gasteiger partial charge in [0.05, 0.1) is 12.2 Å². The van der Waals surface area contributed by atoms with E-state index >= 15 is 0 Å². The van der Waals surface area contributed by atoms with Gasteiger partial charge < -0.3 is 14.5 Å². The van der Waals surface area contributed by atoms with Gasteiger partial charge in [0, 0.05) is 44.8 Å². The van der Waals surface area contributed by atoms with Crippen molar-refractivity contribution in [2.24, 2.45) is 0 Å². The van der Waals surface area contributed by atoms with E-state index in [1.807, 2.05) is 0 Å². The van der Waals surface area contributed by atoms with Gasteiger partial charge in [-0.05, 0) is 93.7 Å².